The van der Waals surface area contributed by atoms with Crippen LogP contribution in [0.25, 0.3) is 0 Å². The monoisotopic (exact) mass is 238 g/mol. The summed E-state index contributed by atoms with van der Waals surface area (Å²) in [6.45, 7) is 1.42. The van der Waals surface area contributed by atoms with Crippen molar-refractivity contribution in [3.8, 4) is 5.75 Å². The van der Waals surface area contributed by atoms with Crippen LogP contribution in [0.2, 0.25) is 0 Å². The molecule has 0 aliphatic heterocycles. The smallest absolute Gasteiger partial charge is 0.428 e. The van der Waals surface area contributed by atoms with Crippen LogP contribution < -0.4 is 4.74 Å². The number of aliphatic hydroxyl groups is 1. The minimum Gasteiger partial charge on any atom is -0.428 e. The van der Waals surface area contributed by atoms with Crippen molar-refractivity contribution in [3.05, 3.63) is 29.8 Å². The number of hydrogen-bond acceptors (Lipinski definition) is 2. The van der Waals surface area contributed by atoms with Gasteiger partial charge in [-0.15, -0.1) is 0 Å². The molecule has 0 unspecified atom stereocenters. The van der Waals surface area contributed by atoms with E-state index in [0.717, 1.165) is 12.1 Å². The van der Waals surface area contributed by atoms with Gasteiger partial charge in [0.05, 0.1) is 6.10 Å². The Morgan fingerprint density at radius 3 is 2.44 bits per heavy atom. The first-order valence-corrected chi connectivity index (χ1v) is 4.46. The Hall–Kier alpha value is -1.30. The number of ether oxygens (including phenoxy) is 1. The average Bonchev–Trinajstić information content (AvgIpc) is 2.17. The summed E-state index contributed by atoms with van der Waals surface area (Å²) in [6.07, 6.45) is -9.32. The second-order valence-electron chi connectivity index (χ2n) is 3.21. The molecule has 0 saturated heterocycles. The van der Waals surface area contributed by atoms with Gasteiger partial charge >= 0.3 is 12.5 Å². The van der Waals surface area contributed by atoms with Crippen LogP contribution in [0.15, 0.2) is 24.3 Å². The van der Waals surface area contributed by atoms with E-state index in [4.69, 9.17) is 5.11 Å². The van der Waals surface area contributed by atoms with Gasteiger partial charge in [0, 0.05) is 0 Å². The van der Waals surface area contributed by atoms with Gasteiger partial charge in [0.2, 0.25) is 0 Å². The van der Waals surface area contributed by atoms with E-state index in [2.05, 4.69) is 4.74 Å². The third-order valence-corrected chi connectivity index (χ3v) is 1.85. The molecule has 0 saturated carbocycles. The SMILES string of the molecule is C[C@@H](O)c1cccc(OC(F)(F)C(F)F)c1. The van der Waals surface area contributed by atoms with Crippen LogP contribution in [-0.4, -0.2) is 17.6 Å². The minimum absolute atomic E-state index is 0.308. The fraction of sp³-hybridized carbons (Fsp3) is 0.400. The van der Waals surface area contributed by atoms with Crippen LogP contribution in [0, 0.1) is 0 Å². The molecule has 1 atom stereocenters. The molecule has 6 heteroatoms. The summed E-state index contributed by atoms with van der Waals surface area (Å²) in [6, 6.07) is 5.00. The Labute approximate surface area is 89.5 Å². The van der Waals surface area contributed by atoms with Gasteiger partial charge in [-0.2, -0.15) is 17.6 Å². The summed E-state index contributed by atoms with van der Waals surface area (Å²) in [5, 5.41) is 9.16. The first-order chi connectivity index (χ1) is 7.33. The highest BCUT2D eigenvalue weighted by molar-refractivity contribution is 5.29. The van der Waals surface area contributed by atoms with Crippen molar-refractivity contribution in [2.45, 2.75) is 25.6 Å². The van der Waals surface area contributed by atoms with Gasteiger partial charge in [-0.05, 0) is 24.6 Å². The first-order valence-electron chi connectivity index (χ1n) is 4.46. The van der Waals surface area contributed by atoms with Crippen LogP contribution >= 0.6 is 0 Å². The van der Waals surface area contributed by atoms with Crippen LogP contribution in [0.5, 0.6) is 5.75 Å². The van der Waals surface area contributed by atoms with Crippen molar-refractivity contribution in [2.24, 2.45) is 0 Å². The molecule has 0 spiro atoms. The standard InChI is InChI=1S/C10H10F4O2/c1-6(15)7-3-2-4-8(5-7)16-10(13,14)9(11)12/h2-6,9,15H,1H3/t6-/m1/s1. The molecule has 2 nitrogen and oxygen atoms in total. The Bertz CT molecular complexity index is 352. The summed E-state index contributed by atoms with van der Waals surface area (Å²) >= 11 is 0. The molecule has 1 aromatic carbocycles. The molecule has 1 N–H and O–H groups in total. The predicted octanol–water partition coefficient (Wildman–Crippen LogP) is 2.98. The number of benzene rings is 1. The van der Waals surface area contributed by atoms with Gasteiger partial charge in [-0.3, -0.25) is 0 Å². The maximum absolute atomic E-state index is 12.5. The average molecular weight is 238 g/mol. The third-order valence-electron chi connectivity index (χ3n) is 1.85. The molecular weight excluding hydrogens is 228 g/mol. The van der Waals surface area contributed by atoms with E-state index < -0.39 is 24.4 Å². The summed E-state index contributed by atoms with van der Waals surface area (Å²) < 4.78 is 52.6. The fourth-order valence-electron chi connectivity index (χ4n) is 1.04. The molecule has 0 amide bonds. The highest BCUT2D eigenvalue weighted by Gasteiger charge is 2.43. The molecule has 0 aliphatic rings. The maximum atomic E-state index is 12.5. The van der Waals surface area contributed by atoms with Crippen LogP contribution in [-0.2, 0) is 0 Å². The summed E-state index contributed by atoms with van der Waals surface area (Å²) in [7, 11) is 0. The lowest BCUT2D eigenvalue weighted by Crippen LogP contribution is -2.33. The Morgan fingerprint density at radius 1 is 1.31 bits per heavy atom. The summed E-state index contributed by atoms with van der Waals surface area (Å²) in [4.78, 5) is 0. The van der Waals surface area contributed by atoms with E-state index in [-0.39, 0.29) is 0 Å². The normalized spacial score (nSPS) is 13.9. The van der Waals surface area contributed by atoms with Crippen LogP contribution in [0.4, 0.5) is 17.6 Å². The topological polar surface area (TPSA) is 29.5 Å². The van der Waals surface area contributed by atoms with Crippen molar-refractivity contribution in [2.75, 3.05) is 0 Å². The maximum Gasteiger partial charge on any atom is 0.461 e. The first kappa shape index (κ1) is 12.8. The van der Waals surface area contributed by atoms with Gasteiger partial charge in [0.15, 0.2) is 0 Å². The molecule has 90 valence electrons. The lowest BCUT2D eigenvalue weighted by Gasteiger charge is -2.17. The van der Waals surface area contributed by atoms with E-state index in [0.29, 0.717) is 5.56 Å². The molecule has 0 bridgehead atoms. The highest BCUT2D eigenvalue weighted by atomic mass is 19.3. The van der Waals surface area contributed by atoms with E-state index in [9.17, 15) is 17.6 Å². The van der Waals surface area contributed by atoms with Crippen molar-refractivity contribution in [3.63, 3.8) is 0 Å². The van der Waals surface area contributed by atoms with Gasteiger partial charge in [-0.1, -0.05) is 12.1 Å². The zero-order valence-corrected chi connectivity index (χ0v) is 8.33. The second kappa shape index (κ2) is 4.69. The molecule has 0 radical (unpaired) electrons. The Kier molecular flexibility index (Phi) is 3.74. The molecule has 1 aromatic rings. The van der Waals surface area contributed by atoms with Gasteiger partial charge < -0.3 is 9.84 Å². The quantitative estimate of drug-likeness (QED) is 0.817. The number of alkyl halides is 4. The molecule has 0 heterocycles. The van der Waals surface area contributed by atoms with E-state index in [1.165, 1.54) is 19.1 Å². The van der Waals surface area contributed by atoms with Gasteiger partial charge in [0.1, 0.15) is 5.75 Å². The molecular formula is C10H10F4O2. The van der Waals surface area contributed by atoms with E-state index in [1.54, 1.807) is 0 Å². The van der Waals surface area contributed by atoms with E-state index in [1.807, 2.05) is 0 Å². The number of rotatable bonds is 4. The van der Waals surface area contributed by atoms with Crippen LogP contribution in [0.3, 0.4) is 0 Å². The largest absolute Gasteiger partial charge is 0.461 e. The number of halogens is 4. The molecule has 16 heavy (non-hydrogen) atoms. The van der Waals surface area contributed by atoms with Crippen LogP contribution in [0.1, 0.15) is 18.6 Å². The second-order valence-corrected chi connectivity index (χ2v) is 3.21. The summed E-state index contributed by atoms with van der Waals surface area (Å²) in [5.41, 5.74) is 0.308. The predicted molar refractivity (Wildman–Crippen MR) is 48.7 cm³/mol. The fourth-order valence-corrected chi connectivity index (χ4v) is 1.04. The third kappa shape index (κ3) is 3.10. The molecule has 0 aliphatic carbocycles. The van der Waals surface area contributed by atoms with Crippen molar-refractivity contribution >= 4 is 0 Å². The van der Waals surface area contributed by atoms with Gasteiger partial charge in [-0.25, -0.2) is 0 Å². The van der Waals surface area contributed by atoms with Crippen molar-refractivity contribution < 1.29 is 27.4 Å². The molecule has 0 aromatic heterocycles. The lowest BCUT2D eigenvalue weighted by atomic mass is 10.1. The minimum atomic E-state index is -4.53. The van der Waals surface area contributed by atoms with Crippen molar-refractivity contribution in [1.29, 1.82) is 0 Å². The Morgan fingerprint density at radius 2 is 1.94 bits per heavy atom. The molecule has 1 rings (SSSR count). The zero-order valence-electron chi connectivity index (χ0n) is 8.33. The zero-order chi connectivity index (χ0) is 12.3. The highest BCUT2D eigenvalue weighted by Crippen LogP contribution is 2.28. The Balaban J connectivity index is 2.86. The lowest BCUT2D eigenvalue weighted by molar-refractivity contribution is -0.253. The van der Waals surface area contributed by atoms with Gasteiger partial charge in [0.25, 0.3) is 0 Å². The molecule has 0 fully saturated rings. The number of aliphatic hydroxyl groups excluding tert-OH is 1. The van der Waals surface area contributed by atoms with Crippen molar-refractivity contribution in [1.82, 2.24) is 0 Å². The number of hydrogen-bond donors (Lipinski definition) is 1. The summed E-state index contributed by atoms with van der Waals surface area (Å²) in [5.74, 6) is -0.413. The van der Waals surface area contributed by atoms with E-state index >= 15 is 0 Å².